The maximum atomic E-state index is 13.9. The van der Waals surface area contributed by atoms with E-state index in [2.05, 4.69) is 15.9 Å². The van der Waals surface area contributed by atoms with Gasteiger partial charge in [0.1, 0.15) is 5.82 Å². The summed E-state index contributed by atoms with van der Waals surface area (Å²) < 4.78 is 14.8. The molecule has 0 heterocycles. The fourth-order valence-corrected chi connectivity index (χ4v) is 2.44. The van der Waals surface area contributed by atoms with Crippen molar-refractivity contribution in [2.45, 2.75) is 18.9 Å². The molecule has 0 aromatic heterocycles. The van der Waals surface area contributed by atoms with Gasteiger partial charge in [-0.1, -0.05) is 45.7 Å². The summed E-state index contributed by atoms with van der Waals surface area (Å²) in [4.78, 5) is 0. The lowest BCUT2D eigenvalue weighted by atomic mass is 9.89. The second kappa shape index (κ2) is 5.61. The minimum absolute atomic E-state index is 0.250. The van der Waals surface area contributed by atoms with Gasteiger partial charge >= 0.3 is 0 Å². The maximum absolute atomic E-state index is 13.9. The van der Waals surface area contributed by atoms with Crippen LogP contribution in [0.2, 0.25) is 5.02 Å². The van der Waals surface area contributed by atoms with E-state index < -0.39 is 11.4 Å². The summed E-state index contributed by atoms with van der Waals surface area (Å²) in [6.45, 7) is 1.60. The highest BCUT2D eigenvalue weighted by Gasteiger charge is 2.27. The van der Waals surface area contributed by atoms with Crippen LogP contribution >= 0.6 is 27.5 Å². The Hall–Kier alpha value is -0.900. The van der Waals surface area contributed by atoms with Crippen LogP contribution in [-0.4, -0.2) is 5.11 Å². The van der Waals surface area contributed by atoms with Gasteiger partial charge < -0.3 is 5.11 Å². The lowest BCUT2D eigenvalue weighted by Gasteiger charge is -2.24. The number of hydrogen-bond acceptors (Lipinski definition) is 1. The van der Waals surface area contributed by atoms with Crippen molar-refractivity contribution in [1.82, 2.24) is 0 Å². The van der Waals surface area contributed by atoms with E-state index in [1.807, 2.05) is 24.3 Å². The van der Waals surface area contributed by atoms with Gasteiger partial charge in [-0.2, -0.15) is 0 Å². The zero-order valence-electron chi connectivity index (χ0n) is 10.3. The second-order valence-electron chi connectivity index (χ2n) is 4.70. The monoisotopic (exact) mass is 342 g/mol. The highest BCUT2D eigenvalue weighted by molar-refractivity contribution is 9.10. The number of hydrogen-bond donors (Lipinski definition) is 1. The molecular formula is C15H13BrClFO. The first-order valence-corrected chi connectivity index (χ1v) is 6.98. The van der Waals surface area contributed by atoms with Gasteiger partial charge in [-0.05, 0) is 36.8 Å². The molecule has 0 amide bonds. The van der Waals surface area contributed by atoms with Gasteiger partial charge in [0.05, 0.1) is 5.60 Å². The normalized spacial score (nSPS) is 14.2. The number of rotatable bonds is 3. The van der Waals surface area contributed by atoms with Crippen molar-refractivity contribution >= 4 is 27.5 Å². The highest BCUT2D eigenvalue weighted by Crippen LogP contribution is 2.29. The largest absolute Gasteiger partial charge is 0.385 e. The van der Waals surface area contributed by atoms with Crippen molar-refractivity contribution in [3.63, 3.8) is 0 Å². The fraction of sp³-hybridized carbons (Fsp3) is 0.200. The SMILES string of the molecule is CC(O)(Cc1ccc(Br)cc1)c1ccc(Cl)cc1F. The van der Waals surface area contributed by atoms with Crippen molar-refractivity contribution in [2.24, 2.45) is 0 Å². The lowest BCUT2D eigenvalue weighted by molar-refractivity contribution is 0.0538. The van der Waals surface area contributed by atoms with Crippen LogP contribution in [0.15, 0.2) is 46.9 Å². The first-order chi connectivity index (χ1) is 8.88. The molecule has 0 aliphatic heterocycles. The molecule has 2 rings (SSSR count). The topological polar surface area (TPSA) is 20.2 Å². The van der Waals surface area contributed by atoms with Crippen molar-refractivity contribution in [1.29, 1.82) is 0 Å². The van der Waals surface area contributed by atoms with Gasteiger partial charge in [0.25, 0.3) is 0 Å². The summed E-state index contributed by atoms with van der Waals surface area (Å²) in [6, 6.07) is 11.9. The molecule has 1 N–H and O–H groups in total. The summed E-state index contributed by atoms with van der Waals surface area (Å²) in [5.74, 6) is -0.491. The summed E-state index contributed by atoms with van der Waals surface area (Å²) in [6.07, 6.45) is 0.332. The summed E-state index contributed by atoms with van der Waals surface area (Å²) in [5, 5.41) is 10.8. The van der Waals surface area contributed by atoms with Crippen LogP contribution in [0, 0.1) is 5.82 Å². The molecule has 0 aliphatic carbocycles. The molecule has 1 atom stereocenters. The Morgan fingerprint density at radius 2 is 1.84 bits per heavy atom. The zero-order valence-corrected chi connectivity index (χ0v) is 12.7. The van der Waals surface area contributed by atoms with Crippen LogP contribution in [0.25, 0.3) is 0 Å². The number of benzene rings is 2. The van der Waals surface area contributed by atoms with E-state index in [0.717, 1.165) is 10.0 Å². The van der Waals surface area contributed by atoms with E-state index in [-0.39, 0.29) is 5.56 Å². The van der Waals surface area contributed by atoms with Gasteiger partial charge in [0, 0.05) is 21.5 Å². The first-order valence-electron chi connectivity index (χ1n) is 5.81. The fourth-order valence-electron chi connectivity index (χ4n) is 2.02. The van der Waals surface area contributed by atoms with E-state index in [4.69, 9.17) is 11.6 Å². The van der Waals surface area contributed by atoms with Crippen molar-refractivity contribution in [2.75, 3.05) is 0 Å². The number of halogens is 3. The molecule has 2 aromatic rings. The average Bonchev–Trinajstić information content (AvgIpc) is 2.31. The molecule has 1 unspecified atom stereocenters. The van der Waals surface area contributed by atoms with Gasteiger partial charge in [-0.15, -0.1) is 0 Å². The molecule has 0 fully saturated rings. The van der Waals surface area contributed by atoms with Gasteiger partial charge in [0.15, 0.2) is 0 Å². The molecule has 2 aromatic carbocycles. The number of aliphatic hydroxyl groups is 1. The second-order valence-corrected chi connectivity index (χ2v) is 6.05. The third-order valence-corrected chi connectivity index (χ3v) is 3.74. The minimum Gasteiger partial charge on any atom is -0.385 e. The molecule has 100 valence electrons. The zero-order chi connectivity index (χ0) is 14.0. The van der Waals surface area contributed by atoms with E-state index in [1.54, 1.807) is 13.0 Å². The van der Waals surface area contributed by atoms with Gasteiger partial charge in [-0.25, -0.2) is 4.39 Å². The van der Waals surface area contributed by atoms with Crippen molar-refractivity contribution in [3.05, 3.63) is 68.9 Å². The Morgan fingerprint density at radius 3 is 2.42 bits per heavy atom. The summed E-state index contributed by atoms with van der Waals surface area (Å²) in [7, 11) is 0. The smallest absolute Gasteiger partial charge is 0.130 e. The Balaban J connectivity index is 2.29. The first kappa shape index (κ1) is 14.5. The predicted octanol–water partition coefficient (Wildman–Crippen LogP) is 4.69. The Bertz CT molecular complexity index is 581. The van der Waals surface area contributed by atoms with Crippen LogP contribution < -0.4 is 0 Å². The maximum Gasteiger partial charge on any atom is 0.130 e. The van der Waals surface area contributed by atoms with Crippen LogP contribution in [0.4, 0.5) is 4.39 Å². The molecule has 0 spiro atoms. The van der Waals surface area contributed by atoms with Crippen molar-refractivity contribution in [3.8, 4) is 0 Å². The quantitative estimate of drug-likeness (QED) is 0.857. The molecule has 0 saturated heterocycles. The third kappa shape index (κ3) is 3.56. The van der Waals surface area contributed by atoms with E-state index >= 15 is 0 Å². The van der Waals surface area contributed by atoms with Crippen LogP contribution in [0.3, 0.4) is 0 Å². The highest BCUT2D eigenvalue weighted by atomic mass is 79.9. The summed E-state index contributed by atoms with van der Waals surface area (Å²) in [5.41, 5.74) is -0.0925. The minimum atomic E-state index is -1.28. The Morgan fingerprint density at radius 1 is 1.21 bits per heavy atom. The molecule has 0 aliphatic rings. The molecule has 4 heteroatoms. The standard InChI is InChI=1S/C15H13BrClFO/c1-15(19,9-10-2-4-11(16)5-3-10)13-7-6-12(17)8-14(13)18/h2-8,19H,9H2,1H3. The summed E-state index contributed by atoms with van der Waals surface area (Å²) >= 11 is 9.07. The lowest BCUT2D eigenvalue weighted by Crippen LogP contribution is -2.25. The molecule has 0 bridgehead atoms. The molecule has 19 heavy (non-hydrogen) atoms. The van der Waals surface area contributed by atoms with Crippen molar-refractivity contribution < 1.29 is 9.50 Å². The molecular weight excluding hydrogens is 331 g/mol. The third-order valence-electron chi connectivity index (χ3n) is 2.97. The molecule has 0 radical (unpaired) electrons. The van der Waals surface area contributed by atoms with Crippen LogP contribution in [0.5, 0.6) is 0 Å². The van der Waals surface area contributed by atoms with Gasteiger partial charge in [0.2, 0.25) is 0 Å². The molecule has 0 saturated carbocycles. The van der Waals surface area contributed by atoms with Crippen LogP contribution in [0.1, 0.15) is 18.1 Å². The molecule has 1 nitrogen and oxygen atoms in total. The van der Waals surface area contributed by atoms with E-state index in [1.165, 1.54) is 12.1 Å². The Kier molecular flexibility index (Phi) is 4.29. The predicted molar refractivity (Wildman–Crippen MR) is 78.8 cm³/mol. The van der Waals surface area contributed by atoms with Gasteiger partial charge in [-0.3, -0.25) is 0 Å². The van der Waals surface area contributed by atoms with E-state index in [0.29, 0.717) is 11.4 Å². The van der Waals surface area contributed by atoms with E-state index in [9.17, 15) is 9.50 Å². The average molecular weight is 344 g/mol. The van der Waals surface area contributed by atoms with Crippen LogP contribution in [-0.2, 0) is 12.0 Å². The Labute approximate surface area is 125 Å².